The molecule has 1 aliphatic heterocycles. The van der Waals surface area contributed by atoms with Crippen molar-refractivity contribution in [1.82, 2.24) is 15.8 Å². The number of nitrogens with one attached hydrogen (secondary N) is 2. The van der Waals surface area contributed by atoms with Gasteiger partial charge in [-0.1, -0.05) is 48.0 Å². The second kappa shape index (κ2) is 9.25. The Morgan fingerprint density at radius 3 is 2.48 bits per heavy atom. The van der Waals surface area contributed by atoms with E-state index in [1.807, 2.05) is 30.3 Å². The zero-order chi connectivity index (χ0) is 20.8. The van der Waals surface area contributed by atoms with E-state index in [9.17, 15) is 14.4 Å². The van der Waals surface area contributed by atoms with Crippen LogP contribution >= 0.6 is 11.6 Å². The molecule has 1 atom stereocenters. The molecular weight excluding hydrogens is 394 g/mol. The number of amides is 3. The highest BCUT2D eigenvalue weighted by Gasteiger charge is 2.28. The number of hydrogen-bond donors (Lipinski definition) is 2. The molecule has 0 aliphatic carbocycles. The van der Waals surface area contributed by atoms with Crippen LogP contribution < -0.4 is 15.6 Å². The van der Waals surface area contributed by atoms with Crippen LogP contribution in [0.2, 0.25) is 5.02 Å². The molecule has 1 aliphatic rings. The van der Waals surface area contributed by atoms with E-state index in [0.717, 1.165) is 11.1 Å². The van der Waals surface area contributed by atoms with Crippen molar-refractivity contribution in [2.24, 2.45) is 0 Å². The number of rotatable bonds is 5. The van der Waals surface area contributed by atoms with Crippen molar-refractivity contribution in [3.05, 3.63) is 70.9 Å². The summed E-state index contributed by atoms with van der Waals surface area (Å²) < 4.78 is 5.32. The van der Waals surface area contributed by atoms with E-state index in [4.69, 9.17) is 16.3 Å². The minimum Gasteiger partial charge on any atom is -0.482 e. The maximum absolute atomic E-state index is 12.4. The summed E-state index contributed by atoms with van der Waals surface area (Å²) >= 11 is 5.96. The lowest BCUT2D eigenvalue weighted by Gasteiger charge is -2.32. The molecule has 2 aromatic carbocycles. The zero-order valence-corrected chi connectivity index (χ0v) is 16.5. The first kappa shape index (κ1) is 20.4. The topological polar surface area (TPSA) is 87.7 Å². The summed E-state index contributed by atoms with van der Waals surface area (Å²) in [4.78, 5) is 37.8. The SMILES string of the molecule is CC(=O)N1C=Cc2ccccc2[C@@H]1CC(=O)NNC(=O)COc1ccccc1Cl. The van der Waals surface area contributed by atoms with Crippen LogP contribution in [0.15, 0.2) is 54.7 Å². The Morgan fingerprint density at radius 2 is 1.72 bits per heavy atom. The molecule has 150 valence electrons. The lowest BCUT2D eigenvalue weighted by molar-refractivity contribution is -0.132. The molecule has 29 heavy (non-hydrogen) atoms. The highest BCUT2D eigenvalue weighted by molar-refractivity contribution is 6.32. The summed E-state index contributed by atoms with van der Waals surface area (Å²) in [5.41, 5.74) is 6.47. The highest BCUT2D eigenvalue weighted by Crippen LogP contribution is 2.32. The average molecular weight is 414 g/mol. The molecule has 0 saturated heterocycles. The third-order valence-corrected chi connectivity index (χ3v) is 4.70. The maximum atomic E-state index is 12.4. The first-order valence-electron chi connectivity index (χ1n) is 8.96. The van der Waals surface area contributed by atoms with Crippen LogP contribution in [0.4, 0.5) is 0 Å². The fourth-order valence-electron chi connectivity index (χ4n) is 3.02. The Hall–Kier alpha value is -3.32. The van der Waals surface area contributed by atoms with Gasteiger partial charge in [0.05, 0.1) is 17.5 Å². The Balaban J connectivity index is 1.55. The fourth-order valence-corrected chi connectivity index (χ4v) is 3.21. The van der Waals surface area contributed by atoms with Crippen molar-refractivity contribution < 1.29 is 19.1 Å². The van der Waals surface area contributed by atoms with Crippen molar-refractivity contribution in [2.75, 3.05) is 6.61 Å². The molecule has 3 rings (SSSR count). The van der Waals surface area contributed by atoms with E-state index >= 15 is 0 Å². The second-order valence-electron chi connectivity index (χ2n) is 6.41. The predicted octanol–water partition coefficient (Wildman–Crippen LogP) is 2.83. The average Bonchev–Trinajstić information content (AvgIpc) is 2.71. The Labute approximate surface area is 173 Å². The molecule has 3 amide bonds. The summed E-state index contributed by atoms with van der Waals surface area (Å²) in [6, 6.07) is 13.9. The largest absolute Gasteiger partial charge is 0.482 e. The molecule has 2 aromatic rings. The summed E-state index contributed by atoms with van der Waals surface area (Å²) in [6.45, 7) is 1.13. The third kappa shape index (κ3) is 5.14. The van der Waals surface area contributed by atoms with Crippen molar-refractivity contribution in [3.63, 3.8) is 0 Å². The number of carbonyl (C=O) groups excluding carboxylic acids is 3. The first-order chi connectivity index (χ1) is 14.0. The lowest BCUT2D eigenvalue weighted by Crippen LogP contribution is -2.45. The van der Waals surface area contributed by atoms with Gasteiger partial charge in [-0.2, -0.15) is 0 Å². The van der Waals surface area contributed by atoms with E-state index in [1.54, 1.807) is 30.5 Å². The summed E-state index contributed by atoms with van der Waals surface area (Å²) in [5, 5.41) is 0.387. The number of nitrogens with zero attached hydrogens (tertiary/aromatic N) is 1. The number of hydrogen-bond acceptors (Lipinski definition) is 4. The molecule has 0 aromatic heterocycles. The standard InChI is InChI=1S/C21H20ClN3O4/c1-14(26)25-11-10-15-6-2-3-7-16(15)18(25)12-20(27)23-24-21(28)13-29-19-9-5-4-8-17(19)22/h2-11,18H,12-13H2,1H3,(H,23,27)(H,24,28)/t18-/m0/s1. The molecule has 0 spiro atoms. The van der Waals surface area contributed by atoms with Gasteiger partial charge in [0.25, 0.3) is 5.91 Å². The van der Waals surface area contributed by atoms with Gasteiger partial charge >= 0.3 is 0 Å². The van der Waals surface area contributed by atoms with E-state index in [1.165, 1.54) is 11.8 Å². The van der Waals surface area contributed by atoms with Gasteiger partial charge in [-0.05, 0) is 29.3 Å². The molecule has 0 bridgehead atoms. The Bertz CT molecular complexity index is 960. The molecular formula is C21H20ClN3O4. The van der Waals surface area contributed by atoms with Crippen LogP contribution in [0.5, 0.6) is 5.75 Å². The minimum absolute atomic E-state index is 0.00736. The van der Waals surface area contributed by atoms with Gasteiger partial charge in [-0.25, -0.2) is 0 Å². The third-order valence-electron chi connectivity index (χ3n) is 4.38. The molecule has 8 heteroatoms. The van der Waals surface area contributed by atoms with Gasteiger partial charge in [0.1, 0.15) is 5.75 Å². The summed E-state index contributed by atoms with van der Waals surface area (Å²) in [6.07, 6.45) is 3.49. The summed E-state index contributed by atoms with van der Waals surface area (Å²) in [5.74, 6) is -0.771. The number of halogens is 1. The quantitative estimate of drug-likeness (QED) is 0.738. The van der Waals surface area contributed by atoms with Gasteiger partial charge in [-0.15, -0.1) is 0 Å². The second-order valence-corrected chi connectivity index (χ2v) is 6.81. The Morgan fingerprint density at radius 1 is 1.03 bits per heavy atom. The Kier molecular flexibility index (Phi) is 6.51. The number of para-hydroxylation sites is 1. The molecule has 7 nitrogen and oxygen atoms in total. The van der Waals surface area contributed by atoms with Crippen LogP contribution in [0, 0.1) is 0 Å². The van der Waals surface area contributed by atoms with E-state index < -0.39 is 17.9 Å². The molecule has 1 heterocycles. The van der Waals surface area contributed by atoms with Crippen LogP contribution in [-0.4, -0.2) is 29.2 Å². The normalized spacial score (nSPS) is 14.7. The van der Waals surface area contributed by atoms with Gasteiger partial charge in [0.15, 0.2) is 6.61 Å². The number of benzene rings is 2. The molecule has 2 N–H and O–H groups in total. The van der Waals surface area contributed by atoms with Crippen molar-refractivity contribution >= 4 is 35.4 Å². The van der Waals surface area contributed by atoms with Gasteiger partial charge in [-0.3, -0.25) is 25.2 Å². The van der Waals surface area contributed by atoms with Gasteiger partial charge in [0, 0.05) is 13.1 Å². The van der Waals surface area contributed by atoms with Crippen LogP contribution in [0.1, 0.15) is 30.5 Å². The van der Waals surface area contributed by atoms with Crippen molar-refractivity contribution in [3.8, 4) is 5.75 Å². The smallest absolute Gasteiger partial charge is 0.276 e. The zero-order valence-electron chi connectivity index (χ0n) is 15.7. The fraction of sp³-hybridized carbons (Fsp3) is 0.190. The number of carbonyl (C=O) groups is 3. The maximum Gasteiger partial charge on any atom is 0.276 e. The summed E-state index contributed by atoms with van der Waals surface area (Å²) in [7, 11) is 0. The molecule has 0 unspecified atom stereocenters. The number of hydrazine groups is 1. The minimum atomic E-state index is -0.536. The van der Waals surface area contributed by atoms with Crippen LogP contribution in [0.3, 0.4) is 0 Å². The highest BCUT2D eigenvalue weighted by atomic mass is 35.5. The lowest BCUT2D eigenvalue weighted by atomic mass is 9.93. The van der Waals surface area contributed by atoms with E-state index in [0.29, 0.717) is 10.8 Å². The monoisotopic (exact) mass is 413 g/mol. The van der Waals surface area contributed by atoms with Gasteiger partial charge < -0.3 is 9.64 Å². The van der Waals surface area contributed by atoms with Crippen molar-refractivity contribution in [2.45, 2.75) is 19.4 Å². The van der Waals surface area contributed by atoms with Crippen LogP contribution in [0.25, 0.3) is 6.08 Å². The molecule has 0 fully saturated rings. The predicted molar refractivity (Wildman–Crippen MR) is 109 cm³/mol. The number of fused-ring (bicyclic) bond motifs is 1. The van der Waals surface area contributed by atoms with E-state index in [2.05, 4.69) is 10.9 Å². The van der Waals surface area contributed by atoms with Gasteiger partial charge in [0.2, 0.25) is 11.8 Å². The number of ether oxygens (including phenoxy) is 1. The van der Waals surface area contributed by atoms with Crippen LogP contribution in [-0.2, 0) is 14.4 Å². The molecule has 0 saturated carbocycles. The molecule has 0 radical (unpaired) electrons. The first-order valence-corrected chi connectivity index (χ1v) is 9.34. The van der Waals surface area contributed by atoms with Crippen molar-refractivity contribution in [1.29, 1.82) is 0 Å². The van der Waals surface area contributed by atoms with E-state index in [-0.39, 0.29) is 18.9 Å².